The molecule has 4 N–H and O–H groups in total. The van der Waals surface area contributed by atoms with E-state index in [2.05, 4.69) is 11.9 Å². The van der Waals surface area contributed by atoms with Crippen molar-refractivity contribution >= 4 is 5.91 Å². The summed E-state index contributed by atoms with van der Waals surface area (Å²) in [6.07, 6.45) is 5.82. The van der Waals surface area contributed by atoms with Gasteiger partial charge in [-0.3, -0.25) is 9.78 Å². The molecule has 0 aliphatic rings. The van der Waals surface area contributed by atoms with Gasteiger partial charge in [-0.25, -0.2) is 0 Å². The van der Waals surface area contributed by atoms with Crippen molar-refractivity contribution in [1.29, 1.82) is 0 Å². The van der Waals surface area contributed by atoms with Crippen LogP contribution in [0, 0.1) is 0 Å². The molecule has 2 rings (SSSR count). The maximum Gasteiger partial charge on any atom is 0.250 e. The number of primary amides is 1. The number of amides is 1. The lowest BCUT2D eigenvalue weighted by molar-refractivity contribution is 0.1000. The lowest BCUT2D eigenvalue weighted by Gasteiger charge is -2.05. The van der Waals surface area contributed by atoms with Crippen LogP contribution in [0.1, 0.15) is 35.7 Å². The topological polar surface area (TPSA) is 96.4 Å². The van der Waals surface area contributed by atoms with Crippen LogP contribution in [0.3, 0.4) is 0 Å². The Labute approximate surface area is 124 Å². The van der Waals surface area contributed by atoms with Gasteiger partial charge in [-0.1, -0.05) is 19.4 Å². The fourth-order valence-electron chi connectivity index (χ4n) is 1.68. The van der Waals surface area contributed by atoms with Crippen molar-refractivity contribution in [2.45, 2.75) is 26.2 Å². The second-order valence-corrected chi connectivity index (χ2v) is 4.48. The number of hydrogen-bond donors (Lipinski definition) is 3. The van der Waals surface area contributed by atoms with Crippen molar-refractivity contribution in [1.82, 2.24) is 4.98 Å². The third kappa shape index (κ3) is 5.52. The number of rotatable bonds is 4. The highest BCUT2D eigenvalue weighted by molar-refractivity contribution is 5.92. The van der Waals surface area contributed by atoms with Crippen LogP contribution in [0.25, 0.3) is 0 Å². The molecular formula is C16H20N2O3. The van der Waals surface area contributed by atoms with E-state index in [4.69, 9.17) is 5.73 Å². The van der Waals surface area contributed by atoms with Crippen LogP contribution in [0.2, 0.25) is 0 Å². The standard InChI is InChI=1S/C10H14O2.C6H6N2O/c1-2-3-5-8-9(11)6-4-7-10(8)12;7-6(9)5-2-1-3-8-4-5/h4,6-7,11-12H,2-3,5H2,1H3;1-4H,(H2,7,9). The van der Waals surface area contributed by atoms with Gasteiger partial charge in [0.05, 0.1) is 5.56 Å². The summed E-state index contributed by atoms with van der Waals surface area (Å²) in [5.74, 6) is -0.0463. The van der Waals surface area contributed by atoms with E-state index in [0.29, 0.717) is 11.1 Å². The highest BCUT2D eigenvalue weighted by Gasteiger charge is 2.04. The Kier molecular flexibility index (Phi) is 6.74. The summed E-state index contributed by atoms with van der Waals surface area (Å²) in [6, 6.07) is 8.13. The van der Waals surface area contributed by atoms with Crippen molar-refractivity contribution in [2.75, 3.05) is 0 Å². The Morgan fingerprint density at radius 1 is 1.19 bits per heavy atom. The maximum absolute atomic E-state index is 10.4. The quantitative estimate of drug-likeness (QED) is 0.805. The molecule has 21 heavy (non-hydrogen) atoms. The average Bonchev–Trinajstić information content (AvgIpc) is 2.48. The smallest absolute Gasteiger partial charge is 0.250 e. The van der Waals surface area contributed by atoms with Gasteiger partial charge in [-0.05, 0) is 37.1 Å². The second-order valence-electron chi connectivity index (χ2n) is 4.48. The molecule has 1 aromatic heterocycles. The van der Waals surface area contributed by atoms with E-state index in [1.807, 2.05) is 0 Å². The molecule has 1 aromatic carbocycles. The summed E-state index contributed by atoms with van der Waals surface area (Å²) < 4.78 is 0. The molecule has 0 radical (unpaired) electrons. The third-order valence-corrected chi connectivity index (χ3v) is 2.85. The molecule has 1 heterocycles. The van der Waals surface area contributed by atoms with E-state index in [9.17, 15) is 15.0 Å². The molecule has 2 aromatic rings. The van der Waals surface area contributed by atoms with Gasteiger partial charge in [-0.2, -0.15) is 0 Å². The molecule has 0 aliphatic heterocycles. The molecule has 0 fully saturated rings. The van der Waals surface area contributed by atoms with Crippen molar-refractivity contribution < 1.29 is 15.0 Å². The monoisotopic (exact) mass is 288 g/mol. The van der Waals surface area contributed by atoms with Gasteiger partial charge in [0.15, 0.2) is 0 Å². The largest absolute Gasteiger partial charge is 0.508 e. The number of nitrogens with two attached hydrogens (primary N) is 1. The molecule has 0 saturated carbocycles. The van der Waals surface area contributed by atoms with Crippen LogP contribution in [-0.4, -0.2) is 21.1 Å². The van der Waals surface area contributed by atoms with Crippen molar-refractivity contribution in [3.05, 3.63) is 53.9 Å². The molecule has 0 unspecified atom stereocenters. The first kappa shape index (κ1) is 16.5. The summed E-state index contributed by atoms with van der Waals surface area (Å²) >= 11 is 0. The van der Waals surface area contributed by atoms with Gasteiger partial charge in [-0.15, -0.1) is 0 Å². The lowest BCUT2D eigenvalue weighted by atomic mass is 10.1. The Hall–Kier alpha value is -2.56. The third-order valence-electron chi connectivity index (χ3n) is 2.85. The van der Waals surface area contributed by atoms with Crippen LogP contribution >= 0.6 is 0 Å². The Morgan fingerprint density at radius 3 is 2.29 bits per heavy atom. The fraction of sp³-hybridized carbons (Fsp3) is 0.250. The molecule has 5 nitrogen and oxygen atoms in total. The minimum absolute atomic E-state index is 0.198. The minimum Gasteiger partial charge on any atom is -0.508 e. The number of aromatic nitrogens is 1. The highest BCUT2D eigenvalue weighted by Crippen LogP contribution is 2.27. The van der Waals surface area contributed by atoms with Crippen LogP contribution in [0.5, 0.6) is 11.5 Å². The number of benzene rings is 1. The predicted molar refractivity (Wildman–Crippen MR) is 81.1 cm³/mol. The number of carbonyl (C=O) groups excluding carboxylic acids is 1. The van der Waals surface area contributed by atoms with Crippen LogP contribution < -0.4 is 5.73 Å². The summed E-state index contributed by atoms with van der Waals surface area (Å²) in [5, 5.41) is 18.7. The van der Waals surface area contributed by atoms with Gasteiger partial charge < -0.3 is 15.9 Å². The predicted octanol–water partition coefficient (Wildman–Crippen LogP) is 2.62. The number of phenols is 2. The average molecular weight is 288 g/mol. The number of unbranched alkanes of at least 4 members (excludes halogenated alkanes) is 1. The summed E-state index contributed by atoms with van der Waals surface area (Å²) in [6.45, 7) is 2.08. The fourth-order valence-corrected chi connectivity index (χ4v) is 1.68. The van der Waals surface area contributed by atoms with Crippen molar-refractivity contribution in [3.63, 3.8) is 0 Å². The van der Waals surface area contributed by atoms with Crippen LogP contribution in [-0.2, 0) is 6.42 Å². The van der Waals surface area contributed by atoms with Crippen LogP contribution in [0.15, 0.2) is 42.7 Å². The van der Waals surface area contributed by atoms with Crippen LogP contribution in [0.4, 0.5) is 0 Å². The Balaban J connectivity index is 0.000000219. The highest BCUT2D eigenvalue weighted by atomic mass is 16.3. The Bertz CT molecular complexity index is 551. The molecule has 0 spiro atoms. The van der Waals surface area contributed by atoms with Gasteiger partial charge in [0.25, 0.3) is 0 Å². The van der Waals surface area contributed by atoms with Gasteiger partial charge in [0.2, 0.25) is 5.91 Å². The summed E-state index contributed by atoms with van der Waals surface area (Å²) in [7, 11) is 0. The van der Waals surface area contributed by atoms with Crippen molar-refractivity contribution in [3.8, 4) is 11.5 Å². The number of aromatic hydroxyl groups is 2. The molecule has 0 atom stereocenters. The molecule has 0 saturated heterocycles. The molecule has 5 heteroatoms. The van der Waals surface area contributed by atoms with Gasteiger partial charge in [0, 0.05) is 18.0 Å². The minimum atomic E-state index is -0.442. The zero-order chi connectivity index (χ0) is 15.7. The SMILES string of the molecule is CCCCc1c(O)cccc1O.NC(=O)c1cccnc1. The molecule has 0 aliphatic carbocycles. The summed E-state index contributed by atoms with van der Waals surface area (Å²) in [5.41, 5.74) is 6.04. The lowest BCUT2D eigenvalue weighted by Crippen LogP contribution is -2.10. The first-order chi connectivity index (χ1) is 10.1. The number of hydrogen-bond acceptors (Lipinski definition) is 4. The van der Waals surface area contributed by atoms with Crippen molar-refractivity contribution in [2.24, 2.45) is 5.73 Å². The summed E-state index contributed by atoms with van der Waals surface area (Å²) in [4.78, 5) is 14.1. The molecule has 112 valence electrons. The molecule has 1 amide bonds. The first-order valence-electron chi connectivity index (χ1n) is 6.76. The first-order valence-corrected chi connectivity index (χ1v) is 6.76. The van der Waals surface area contributed by atoms with E-state index in [1.165, 1.54) is 6.20 Å². The van der Waals surface area contributed by atoms with E-state index < -0.39 is 5.91 Å². The number of phenolic OH excluding ortho intramolecular Hbond substituents is 2. The Morgan fingerprint density at radius 2 is 1.86 bits per heavy atom. The van der Waals surface area contributed by atoms with Gasteiger partial charge >= 0.3 is 0 Å². The number of nitrogens with zero attached hydrogens (tertiary/aromatic N) is 1. The molecular weight excluding hydrogens is 268 g/mol. The number of pyridine rings is 1. The molecule has 0 bridgehead atoms. The normalized spacial score (nSPS) is 9.57. The van der Waals surface area contributed by atoms with E-state index in [0.717, 1.165) is 19.3 Å². The van der Waals surface area contributed by atoms with Gasteiger partial charge in [0.1, 0.15) is 11.5 Å². The van der Waals surface area contributed by atoms with E-state index in [-0.39, 0.29) is 11.5 Å². The van der Waals surface area contributed by atoms with E-state index >= 15 is 0 Å². The second kappa shape index (κ2) is 8.58. The number of carbonyl (C=O) groups is 1. The zero-order valence-corrected chi connectivity index (χ0v) is 12.0. The zero-order valence-electron chi connectivity index (χ0n) is 12.0. The van der Waals surface area contributed by atoms with E-state index in [1.54, 1.807) is 36.5 Å². The maximum atomic E-state index is 10.4.